The van der Waals surface area contributed by atoms with Crippen molar-refractivity contribution in [3.63, 3.8) is 0 Å². The van der Waals surface area contributed by atoms with Crippen molar-refractivity contribution < 1.29 is 9.47 Å². The highest BCUT2D eigenvalue weighted by atomic mass is 35.5. The van der Waals surface area contributed by atoms with Gasteiger partial charge in [-0.2, -0.15) is 0 Å². The molecule has 0 saturated heterocycles. The van der Waals surface area contributed by atoms with Crippen molar-refractivity contribution in [2.45, 2.75) is 26.5 Å². The summed E-state index contributed by atoms with van der Waals surface area (Å²) in [6.07, 6.45) is 1.06. The summed E-state index contributed by atoms with van der Waals surface area (Å²) >= 11 is 0. The molecule has 0 aliphatic rings. The monoisotopic (exact) mass is 332 g/mol. The predicted octanol–water partition coefficient (Wildman–Crippen LogP) is 4.46. The van der Waals surface area contributed by atoms with E-state index in [1.165, 1.54) is 0 Å². The smallest absolute Gasteiger partial charge is 0.147 e. The molecule has 3 aromatic rings. The van der Waals surface area contributed by atoms with Gasteiger partial charge in [0.05, 0.1) is 18.1 Å². The maximum atomic E-state index is 5.89. The molecule has 3 rings (SSSR count). The van der Waals surface area contributed by atoms with E-state index in [9.17, 15) is 0 Å². The molecule has 0 bridgehead atoms. The molecule has 23 heavy (non-hydrogen) atoms. The molecule has 0 aliphatic heterocycles. The number of rotatable bonds is 6. The average molecular weight is 333 g/mol. The minimum Gasteiger partial charge on any atom is -0.497 e. The Morgan fingerprint density at radius 2 is 1.83 bits per heavy atom. The largest absolute Gasteiger partial charge is 0.497 e. The number of aryl methyl sites for hydroxylation is 1. The van der Waals surface area contributed by atoms with Crippen LogP contribution in [0.5, 0.6) is 11.5 Å². The van der Waals surface area contributed by atoms with Crippen molar-refractivity contribution >= 4 is 23.4 Å². The number of para-hydroxylation sites is 2. The molecule has 5 heteroatoms. The van der Waals surface area contributed by atoms with E-state index in [0.717, 1.165) is 41.3 Å². The lowest BCUT2D eigenvalue weighted by atomic mass is 10.3. The first-order valence-electron chi connectivity index (χ1n) is 7.53. The van der Waals surface area contributed by atoms with Gasteiger partial charge >= 0.3 is 0 Å². The van der Waals surface area contributed by atoms with E-state index in [0.29, 0.717) is 6.61 Å². The SMILES string of the molecule is CCCn1c(COc2cccc(OC)c2)nc2ccccc21.Cl. The zero-order valence-corrected chi connectivity index (χ0v) is 14.2. The highest BCUT2D eigenvalue weighted by Gasteiger charge is 2.10. The number of halogens is 1. The summed E-state index contributed by atoms with van der Waals surface area (Å²) in [5, 5.41) is 0. The quantitative estimate of drug-likeness (QED) is 0.669. The standard InChI is InChI=1S/C18H20N2O2.ClH/c1-3-11-20-17-10-5-4-9-16(17)19-18(20)13-22-15-8-6-7-14(12-15)21-2;/h4-10,12H,3,11,13H2,1-2H3;1H. The number of ether oxygens (including phenoxy) is 2. The second-order valence-electron chi connectivity index (χ2n) is 5.14. The summed E-state index contributed by atoms with van der Waals surface area (Å²) in [5.41, 5.74) is 2.17. The van der Waals surface area contributed by atoms with Gasteiger partial charge in [0.2, 0.25) is 0 Å². The number of hydrogen-bond donors (Lipinski definition) is 0. The first-order chi connectivity index (χ1) is 10.8. The van der Waals surface area contributed by atoms with Gasteiger partial charge in [-0.3, -0.25) is 0 Å². The number of fused-ring (bicyclic) bond motifs is 1. The van der Waals surface area contributed by atoms with E-state index >= 15 is 0 Å². The van der Waals surface area contributed by atoms with Crippen LogP contribution in [0.15, 0.2) is 48.5 Å². The molecule has 4 nitrogen and oxygen atoms in total. The van der Waals surface area contributed by atoms with Crippen molar-refractivity contribution in [2.75, 3.05) is 7.11 Å². The fourth-order valence-electron chi connectivity index (χ4n) is 2.55. The summed E-state index contributed by atoms with van der Waals surface area (Å²) in [4.78, 5) is 4.70. The number of aromatic nitrogens is 2. The summed E-state index contributed by atoms with van der Waals surface area (Å²) in [7, 11) is 1.65. The van der Waals surface area contributed by atoms with Gasteiger partial charge in [0.15, 0.2) is 0 Å². The van der Waals surface area contributed by atoms with Crippen molar-refractivity contribution in [2.24, 2.45) is 0 Å². The Hall–Kier alpha value is -2.20. The Bertz CT molecular complexity index is 771. The molecule has 0 aliphatic carbocycles. The van der Waals surface area contributed by atoms with Gasteiger partial charge in [-0.05, 0) is 30.7 Å². The van der Waals surface area contributed by atoms with Crippen LogP contribution >= 0.6 is 12.4 Å². The van der Waals surface area contributed by atoms with E-state index in [4.69, 9.17) is 14.5 Å². The average Bonchev–Trinajstić information content (AvgIpc) is 2.91. The van der Waals surface area contributed by atoms with Crippen molar-refractivity contribution in [1.82, 2.24) is 9.55 Å². The van der Waals surface area contributed by atoms with Crippen LogP contribution in [0.1, 0.15) is 19.2 Å². The number of hydrogen-bond acceptors (Lipinski definition) is 3. The van der Waals surface area contributed by atoms with Crippen LogP contribution < -0.4 is 9.47 Å². The summed E-state index contributed by atoms with van der Waals surface area (Å²) < 4.78 is 13.3. The summed E-state index contributed by atoms with van der Waals surface area (Å²) in [6, 6.07) is 15.8. The molecule has 0 saturated carbocycles. The molecule has 1 heterocycles. The van der Waals surface area contributed by atoms with Gasteiger partial charge < -0.3 is 14.0 Å². The molecular weight excluding hydrogens is 312 g/mol. The first-order valence-corrected chi connectivity index (χ1v) is 7.53. The molecule has 2 aromatic carbocycles. The molecular formula is C18H21ClN2O2. The second-order valence-corrected chi connectivity index (χ2v) is 5.14. The van der Waals surface area contributed by atoms with Crippen LogP contribution in [0.25, 0.3) is 11.0 Å². The van der Waals surface area contributed by atoms with Gasteiger partial charge in [0.1, 0.15) is 23.9 Å². The van der Waals surface area contributed by atoms with E-state index in [2.05, 4.69) is 17.6 Å². The fourth-order valence-corrected chi connectivity index (χ4v) is 2.55. The third-order valence-electron chi connectivity index (χ3n) is 3.59. The van der Waals surface area contributed by atoms with Gasteiger partial charge in [-0.1, -0.05) is 25.1 Å². The normalized spacial score (nSPS) is 10.3. The molecule has 0 spiro atoms. The Balaban J connectivity index is 0.00000192. The molecule has 1 aromatic heterocycles. The third-order valence-corrected chi connectivity index (χ3v) is 3.59. The van der Waals surface area contributed by atoms with Crippen LogP contribution in [0, 0.1) is 0 Å². The highest BCUT2D eigenvalue weighted by Crippen LogP contribution is 2.21. The lowest BCUT2D eigenvalue weighted by Crippen LogP contribution is -2.07. The summed E-state index contributed by atoms with van der Waals surface area (Å²) in [6.45, 7) is 3.56. The van der Waals surface area contributed by atoms with Crippen molar-refractivity contribution in [1.29, 1.82) is 0 Å². The molecule has 0 unspecified atom stereocenters. The molecule has 0 radical (unpaired) electrons. The molecule has 122 valence electrons. The van der Waals surface area contributed by atoms with Gasteiger partial charge in [-0.15, -0.1) is 12.4 Å². The lowest BCUT2D eigenvalue weighted by molar-refractivity contribution is 0.288. The molecule has 0 atom stereocenters. The topological polar surface area (TPSA) is 36.3 Å². The van der Waals surface area contributed by atoms with Crippen molar-refractivity contribution in [3.05, 3.63) is 54.4 Å². The van der Waals surface area contributed by atoms with Crippen LogP contribution in [-0.4, -0.2) is 16.7 Å². The van der Waals surface area contributed by atoms with Gasteiger partial charge in [0.25, 0.3) is 0 Å². The first kappa shape index (κ1) is 17.2. The van der Waals surface area contributed by atoms with Crippen LogP contribution in [0.2, 0.25) is 0 Å². The number of benzene rings is 2. The maximum Gasteiger partial charge on any atom is 0.147 e. The lowest BCUT2D eigenvalue weighted by Gasteiger charge is -2.10. The molecule has 0 fully saturated rings. The zero-order chi connectivity index (χ0) is 15.4. The molecule has 0 amide bonds. The zero-order valence-electron chi connectivity index (χ0n) is 13.4. The Morgan fingerprint density at radius 3 is 2.61 bits per heavy atom. The van der Waals surface area contributed by atoms with Crippen LogP contribution in [0.3, 0.4) is 0 Å². The molecule has 0 N–H and O–H groups in total. The predicted molar refractivity (Wildman–Crippen MR) is 94.6 cm³/mol. The van der Waals surface area contributed by atoms with Gasteiger partial charge in [0, 0.05) is 12.6 Å². The number of imidazole rings is 1. The minimum atomic E-state index is 0. The Kier molecular flexibility index (Phi) is 5.88. The van der Waals surface area contributed by atoms with E-state index in [1.807, 2.05) is 42.5 Å². The Labute approximate surface area is 142 Å². The van der Waals surface area contributed by atoms with E-state index in [-0.39, 0.29) is 12.4 Å². The highest BCUT2D eigenvalue weighted by molar-refractivity contribution is 5.85. The third kappa shape index (κ3) is 3.77. The second kappa shape index (κ2) is 7.88. The van der Waals surface area contributed by atoms with Gasteiger partial charge in [-0.25, -0.2) is 4.98 Å². The number of nitrogens with zero attached hydrogens (tertiary/aromatic N) is 2. The van der Waals surface area contributed by atoms with E-state index < -0.39 is 0 Å². The van der Waals surface area contributed by atoms with E-state index in [1.54, 1.807) is 7.11 Å². The van der Waals surface area contributed by atoms with Crippen molar-refractivity contribution in [3.8, 4) is 11.5 Å². The fraction of sp³-hybridized carbons (Fsp3) is 0.278. The van der Waals surface area contributed by atoms with Crippen LogP contribution in [0.4, 0.5) is 0 Å². The minimum absolute atomic E-state index is 0. The van der Waals surface area contributed by atoms with Crippen LogP contribution in [-0.2, 0) is 13.2 Å². The summed E-state index contributed by atoms with van der Waals surface area (Å²) in [5.74, 6) is 2.53. The Morgan fingerprint density at radius 1 is 1.04 bits per heavy atom. The number of methoxy groups -OCH3 is 1. The maximum absolute atomic E-state index is 5.89.